The molecule has 0 aromatic heterocycles. The first kappa shape index (κ1) is 15.2. The predicted molar refractivity (Wildman–Crippen MR) is 67.6 cm³/mol. The number of piperidine rings is 1. The van der Waals surface area contributed by atoms with Gasteiger partial charge in [-0.1, -0.05) is 6.42 Å². The van der Waals surface area contributed by atoms with Crippen LogP contribution in [0, 0.1) is 0 Å². The van der Waals surface area contributed by atoms with E-state index in [1.807, 2.05) is 0 Å². The maximum atomic E-state index is 11.6. The van der Waals surface area contributed by atoms with Crippen LogP contribution in [-0.2, 0) is 14.8 Å². The van der Waals surface area contributed by atoms with Crippen molar-refractivity contribution in [3.63, 3.8) is 0 Å². The predicted octanol–water partition coefficient (Wildman–Crippen LogP) is -0.467. The van der Waals surface area contributed by atoms with E-state index in [-0.39, 0.29) is 24.9 Å². The van der Waals surface area contributed by atoms with Gasteiger partial charge in [0.05, 0.1) is 5.75 Å². The van der Waals surface area contributed by atoms with Crippen LogP contribution in [0.15, 0.2) is 0 Å². The molecule has 1 saturated heterocycles. The van der Waals surface area contributed by atoms with Gasteiger partial charge < -0.3 is 15.8 Å². The highest BCUT2D eigenvalue weighted by molar-refractivity contribution is 7.89. The second kappa shape index (κ2) is 7.55. The SMILES string of the molecule is NC(=O)OCCNS(=O)(=O)CCC1CCCCN1. The molecule has 1 rings (SSSR count). The zero-order valence-corrected chi connectivity index (χ0v) is 11.2. The smallest absolute Gasteiger partial charge is 0.404 e. The van der Waals surface area contributed by atoms with Crippen LogP contribution in [0.5, 0.6) is 0 Å². The summed E-state index contributed by atoms with van der Waals surface area (Å²) >= 11 is 0. The number of nitrogens with one attached hydrogen (secondary N) is 2. The van der Waals surface area contributed by atoms with E-state index >= 15 is 0 Å². The summed E-state index contributed by atoms with van der Waals surface area (Å²) in [6, 6.07) is 0.289. The minimum absolute atomic E-state index is 0.0454. The molecule has 1 fully saturated rings. The molecule has 4 N–H and O–H groups in total. The molecule has 1 aliphatic rings. The summed E-state index contributed by atoms with van der Waals surface area (Å²) in [4.78, 5) is 10.3. The van der Waals surface area contributed by atoms with Crippen molar-refractivity contribution in [2.45, 2.75) is 31.7 Å². The molecule has 0 aromatic carbocycles. The number of hydrogen-bond donors (Lipinski definition) is 3. The van der Waals surface area contributed by atoms with Crippen molar-refractivity contribution in [2.75, 3.05) is 25.4 Å². The third kappa shape index (κ3) is 6.77. The van der Waals surface area contributed by atoms with Crippen LogP contribution < -0.4 is 15.8 Å². The van der Waals surface area contributed by atoms with Gasteiger partial charge in [-0.3, -0.25) is 0 Å². The topological polar surface area (TPSA) is 111 Å². The molecular formula is C10H21N3O4S. The van der Waals surface area contributed by atoms with Gasteiger partial charge in [-0.25, -0.2) is 17.9 Å². The van der Waals surface area contributed by atoms with E-state index in [1.165, 1.54) is 0 Å². The standard InChI is InChI=1S/C10H21N3O4S/c11-10(14)17-7-6-13-18(15,16)8-4-9-3-1-2-5-12-9/h9,12-13H,1-8H2,(H2,11,14). The Balaban J connectivity index is 2.16. The van der Waals surface area contributed by atoms with Gasteiger partial charge in [-0.2, -0.15) is 0 Å². The summed E-state index contributed by atoms with van der Waals surface area (Å²) in [5, 5.41) is 3.30. The van der Waals surface area contributed by atoms with E-state index in [0.717, 1.165) is 25.8 Å². The summed E-state index contributed by atoms with van der Waals surface area (Å²) in [6.45, 7) is 0.976. The summed E-state index contributed by atoms with van der Waals surface area (Å²) in [5.41, 5.74) is 4.75. The molecule has 0 aromatic rings. The van der Waals surface area contributed by atoms with E-state index in [1.54, 1.807) is 0 Å². The highest BCUT2D eigenvalue weighted by Crippen LogP contribution is 2.10. The van der Waals surface area contributed by atoms with Gasteiger partial charge in [0.15, 0.2) is 0 Å². The molecule has 0 radical (unpaired) electrons. The lowest BCUT2D eigenvalue weighted by Crippen LogP contribution is -2.37. The van der Waals surface area contributed by atoms with E-state index < -0.39 is 16.1 Å². The van der Waals surface area contributed by atoms with E-state index in [9.17, 15) is 13.2 Å². The number of hydrogen-bond acceptors (Lipinski definition) is 5. The Kier molecular flexibility index (Phi) is 6.37. The van der Waals surface area contributed by atoms with Gasteiger partial charge in [0.2, 0.25) is 10.0 Å². The third-order valence-electron chi connectivity index (χ3n) is 2.82. The lowest BCUT2D eigenvalue weighted by atomic mass is 10.0. The number of sulfonamides is 1. The molecule has 106 valence electrons. The molecule has 0 spiro atoms. The molecule has 0 saturated carbocycles. The highest BCUT2D eigenvalue weighted by Gasteiger charge is 2.17. The Hall–Kier alpha value is -0.860. The van der Waals surface area contributed by atoms with Crippen LogP contribution >= 0.6 is 0 Å². The number of nitrogens with two attached hydrogens (primary N) is 1. The number of rotatable bonds is 7. The van der Waals surface area contributed by atoms with Crippen LogP contribution in [0.1, 0.15) is 25.7 Å². The number of carbonyl (C=O) groups is 1. The van der Waals surface area contributed by atoms with Gasteiger partial charge in [0.25, 0.3) is 0 Å². The zero-order chi connectivity index (χ0) is 13.4. The number of ether oxygens (including phenoxy) is 1. The first-order valence-electron chi connectivity index (χ1n) is 6.12. The average molecular weight is 279 g/mol. The van der Waals surface area contributed by atoms with Gasteiger partial charge in [-0.15, -0.1) is 0 Å². The maximum Gasteiger partial charge on any atom is 0.404 e. The molecule has 1 unspecified atom stereocenters. The summed E-state index contributed by atoms with van der Waals surface area (Å²) in [7, 11) is -3.30. The number of amides is 1. The fraction of sp³-hybridized carbons (Fsp3) is 0.900. The molecule has 7 nitrogen and oxygen atoms in total. The molecule has 1 aliphatic heterocycles. The van der Waals surface area contributed by atoms with Crippen LogP contribution in [0.2, 0.25) is 0 Å². The fourth-order valence-electron chi connectivity index (χ4n) is 1.89. The van der Waals surface area contributed by atoms with Crippen molar-refractivity contribution in [2.24, 2.45) is 5.73 Å². The Morgan fingerprint density at radius 2 is 2.22 bits per heavy atom. The van der Waals surface area contributed by atoms with E-state index in [4.69, 9.17) is 5.73 Å². The van der Waals surface area contributed by atoms with Gasteiger partial charge >= 0.3 is 6.09 Å². The van der Waals surface area contributed by atoms with Crippen molar-refractivity contribution in [1.82, 2.24) is 10.0 Å². The fourth-order valence-corrected chi connectivity index (χ4v) is 3.02. The van der Waals surface area contributed by atoms with Crippen LogP contribution in [0.3, 0.4) is 0 Å². The molecule has 8 heteroatoms. The largest absolute Gasteiger partial charge is 0.448 e. The molecule has 18 heavy (non-hydrogen) atoms. The van der Waals surface area contributed by atoms with E-state index in [0.29, 0.717) is 6.42 Å². The zero-order valence-electron chi connectivity index (χ0n) is 10.4. The number of carbonyl (C=O) groups excluding carboxylic acids is 1. The first-order chi connectivity index (χ1) is 8.49. The molecule has 1 heterocycles. The van der Waals surface area contributed by atoms with Crippen LogP contribution in [0.4, 0.5) is 4.79 Å². The molecular weight excluding hydrogens is 258 g/mol. The Labute approximate surface area is 107 Å². The van der Waals surface area contributed by atoms with Crippen molar-refractivity contribution in [1.29, 1.82) is 0 Å². The highest BCUT2D eigenvalue weighted by atomic mass is 32.2. The van der Waals surface area contributed by atoms with Crippen molar-refractivity contribution in [3.8, 4) is 0 Å². The minimum atomic E-state index is -3.30. The summed E-state index contributed by atoms with van der Waals surface area (Å²) in [5.74, 6) is 0.0846. The van der Waals surface area contributed by atoms with Crippen LogP contribution in [0.25, 0.3) is 0 Å². The van der Waals surface area contributed by atoms with Crippen LogP contribution in [-0.4, -0.2) is 46.0 Å². The van der Waals surface area contributed by atoms with Gasteiger partial charge in [-0.05, 0) is 25.8 Å². The monoisotopic (exact) mass is 279 g/mol. The van der Waals surface area contributed by atoms with Crippen molar-refractivity contribution >= 4 is 16.1 Å². The molecule has 1 amide bonds. The second-order valence-corrected chi connectivity index (χ2v) is 6.24. The van der Waals surface area contributed by atoms with E-state index in [2.05, 4.69) is 14.8 Å². The first-order valence-corrected chi connectivity index (χ1v) is 7.78. The molecule has 0 aliphatic carbocycles. The second-order valence-electron chi connectivity index (χ2n) is 4.32. The molecule has 0 bridgehead atoms. The quantitative estimate of drug-likeness (QED) is 0.546. The average Bonchev–Trinajstić information content (AvgIpc) is 2.34. The lowest BCUT2D eigenvalue weighted by molar-refractivity contribution is 0.159. The number of primary amides is 1. The Bertz CT molecular complexity index is 352. The third-order valence-corrected chi connectivity index (χ3v) is 4.23. The molecule has 1 atom stereocenters. The normalized spacial score (nSPS) is 20.6. The Morgan fingerprint density at radius 3 is 2.83 bits per heavy atom. The lowest BCUT2D eigenvalue weighted by Gasteiger charge is -2.23. The Morgan fingerprint density at radius 1 is 1.44 bits per heavy atom. The van der Waals surface area contributed by atoms with Gasteiger partial charge in [0.1, 0.15) is 6.61 Å². The summed E-state index contributed by atoms with van der Waals surface area (Å²) < 4.78 is 30.0. The summed E-state index contributed by atoms with van der Waals surface area (Å²) in [6.07, 6.45) is 3.04. The van der Waals surface area contributed by atoms with Gasteiger partial charge in [0, 0.05) is 12.6 Å². The van der Waals surface area contributed by atoms with Crippen molar-refractivity contribution in [3.05, 3.63) is 0 Å². The maximum absolute atomic E-state index is 11.6. The minimum Gasteiger partial charge on any atom is -0.448 e. The van der Waals surface area contributed by atoms with Crippen molar-refractivity contribution < 1.29 is 17.9 Å².